The number of fused-ring (bicyclic) bond motifs is 1. The molecular weight excluding hydrogens is 236 g/mol. The number of hydrogen-bond donors (Lipinski definition) is 1. The third-order valence-electron chi connectivity index (χ3n) is 3.43. The van der Waals surface area contributed by atoms with Crippen molar-refractivity contribution in [1.82, 2.24) is 5.32 Å². The van der Waals surface area contributed by atoms with Gasteiger partial charge in [0.25, 0.3) is 0 Å². The number of furan rings is 1. The van der Waals surface area contributed by atoms with Crippen LogP contribution < -0.4 is 5.32 Å². The van der Waals surface area contributed by atoms with Crippen molar-refractivity contribution in [3.63, 3.8) is 0 Å². The molecule has 1 aromatic carbocycles. The SMILES string of the molecule is CCNC(c1cc2c(F)ccc(F)c2o1)C1CC1. The van der Waals surface area contributed by atoms with Gasteiger partial charge in [-0.05, 0) is 43.5 Å². The minimum Gasteiger partial charge on any atom is -0.456 e. The molecule has 1 atom stereocenters. The van der Waals surface area contributed by atoms with Gasteiger partial charge >= 0.3 is 0 Å². The van der Waals surface area contributed by atoms with E-state index in [1.807, 2.05) is 6.92 Å². The summed E-state index contributed by atoms with van der Waals surface area (Å²) in [5.41, 5.74) is 0.0218. The van der Waals surface area contributed by atoms with E-state index < -0.39 is 11.6 Å². The molecule has 2 aromatic rings. The van der Waals surface area contributed by atoms with E-state index in [9.17, 15) is 8.78 Å². The van der Waals surface area contributed by atoms with Crippen LogP contribution in [-0.4, -0.2) is 6.54 Å². The quantitative estimate of drug-likeness (QED) is 0.894. The Hall–Kier alpha value is -1.42. The van der Waals surface area contributed by atoms with Crippen LogP contribution >= 0.6 is 0 Å². The Bertz CT molecular complexity index is 535. The van der Waals surface area contributed by atoms with Crippen molar-refractivity contribution in [3.05, 3.63) is 35.6 Å². The Labute approximate surface area is 104 Å². The first-order valence-electron chi connectivity index (χ1n) is 6.31. The van der Waals surface area contributed by atoms with Crippen LogP contribution in [0.5, 0.6) is 0 Å². The van der Waals surface area contributed by atoms with Gasteiger partial charge in [0.05, 0.1) is 11.4 Å². The Kier molecular flexibility index (Phi) is 2.82. The summed E-state index contributed by atoms with van der Waals surface area (Å²) < 4.78 is 32.7. The highest BCUT2D eigenvalue weighted by atomic mass is 19.1. The molecule has 4 heteroatoms. The number of halogens is 2. The zero-order valence-electron chi connectivity index (χ0n) is 10.2. The van der Waals surface area contributed by atoms with Gasteiger partial charge in [0, 0.05) is 0 Å². The molecule has 96 valence electrons. The standard InChI is InChI=1S/C14H15F2NO/c1-2-17-13(8-3-4-8)12-7-9-10(15)5-6-11(16)14(9)18-12/h5-8,13,17H,2-4H2,1H3. The maximum Gasteiger partial charge on any atom is 0.172 e. The number of benzene rings is 1. The summed E-state index contributed by atoms with van der Waals surface area (Å²) in [6.07, 6.45) is 2.28. The Morgan fingerprint density at radius 3 is 2.67 bits per heavy atom. The molecule has 0 bridgehead atoms. The molecule has 1 N–H and O–H groups in total. The van der Waals surface area contributed by atoms with E-state index in [0.29, 0.717) is 11.7 Å². The van der Waals surface area contributed by atoms with E-state index >= 15 is 0 Å². The van der Waals surface area contributed by atoms with Gasteiger partial charge in [-0.3, -0.25) is 0 Å². The van der Waals surface area contributed by atoms with Gasteiger partial charge in [-0.15, -0.1) is 0 Å². The third-order valence-corrected chi connectivity index (χ3v) is 3.43. The summed E-state index contributed by atoms with van der Waals surface area (Å²) in [6.45, 7) is 2.82. The second kappa shape index (κ2) is 4.35. The molecule has 3 rings (SSSR count). The molecule has 1 unspecified atom stereocenters. The van der Waals surface area contributed by atoms with Crippen LogP contribution in [0.1, 0.15) is 31.6 Å². The van der Waals surface area contributed by atoms with Gasteiger partial charge < -0.3 is 9.73 Å². The molecule has 0 spiro atoms. The van der Waals surface area contributed by atoms with Crippen molar-refractivity contribution >= 4 is 11.0 Å². The lowest BCUT2D eigenvalue weighted by molar-refractivity contribution is 0.398. The predicted molar refractivity (Wildman–Crippen MR) is 65.3 cm³/mol. The fourth-order valence-electron chi connectivity index (χ4n) is 2.38. The summed E-state index contributed by atoms with van der Waals surface area (Å²) in [5.74, 6) is 0.214. The summed E-state index contributed by atoms with van der Waals surface area (Å²) in [5, 5.41) is 3.55. The number of nitrogens with one attached hydrogen (secondary N) is 1. The first kappa shape index (κ1) is 11.7. The maximum atomic E-state index is 13.6. The fourth-order valence-corrected chi connectivity index (χ4v) is 2.38. The topological polar surface area (TPSA) is 25.2 Å². The molecular formula is C14H15F2NO. The van der Waals surface area contributed by atoms with Crippen molar-refractivity contribution in [2.24, 2.45) is 5.92 Å². The summed E-state index contributed by atoms with van der Waals surface area (Å²) >= 11 is 0. The minimum atomic E-state index is -0.510. The average molecular weight is 251 g/mol. The highest BCUT2D eigenvalue weighted by molar-refractivity contribution is 5.79. The van der Waals surface area contributed by atoms with Gasteiger partial charge in [0.2, 0.25) is 0 Å². The molecule has 2 nitrogen and oxygen atoms in total. The van der Waals surface area contributed by atoms with Gasteiger partial charge in [-0.1, -0.05) is 6.92 Å². The van der Waals surface area contributed by atoms with E-state index in [4.69, 9.17) is 4.42 Å². The summed E-state index contributed by atoms with van der Waals surface area (Å²) in [4.78, 5) is 0. The molecule has 0 amide bonds. The molecule has 1 aromatic heterocycles. The fraction of sp³-hybridized carbons (Fsp3) is 0.429. The van der Waals surface area contributed by atoms with Gasteiger partial charge in [-0.25, -0.2) is 8.78 Å². The van der Waals surface area contributed by atoms with Crippen LogP contribution in [0.15, 0.2) is 22.6 Å². The Morgan fingerprint density at radius 2 is 2.06 bits per heavy atom. The van der Waals surface area contributed by atoms with Gasteiger partial charge in [0.1, 0.15) is 11.6 Å². The van der Waals surface area contributed by atoms with E-state index in [2.05, 4.69) is 5.32 Å². The lowest BCUT2D eigenvalue weighted by Crippen LogP contribution is -2.21. The van der Waals surface area contributed by atoms with Crippen molar-refractivity contribution in [2.75, 3.05) is 6.54 Å². The molecule has 1 heterocycles. The largest absolute Gasteiger partial charge is 0.456 e. The minimum absolute atomic E-state index is 0.0218. The summed E-state index contributed by atoms with van der Waals surface area (Å²) in [7, 11) is 0. The molecule has 0 aliphatic heterocycles. The number of rotatable bonds is 4. The first-order valence-corrected chi connectivity index (χ1v) is 6.31. The van der Waals surface area contributed by atoms with Crippen LogP contribution in [0.25, 0.3) is 11.0 Å². The first-order chi connectivity index (χ1) is 8.70. The predicted octanol–water partition coefficient (Wildman–Crippen LogP) is 3.77. The van der Waals surface area contributed by atoms with Crippen molar-refractivity contribution in [3.8, 4) is 0 Å². The highest BCUT2D eigenvalue weighted by Gasteiger charge is 2.34. The lowest BCUT2D eigenvalue weighted by Gasteiger charge is -2.13. The molecule has 1 saturated carbocycles. The van der Waals surface area contributed by atoms with Crippen molar-refractivity contribution in [2.45, 2.75) is 25.8 Å². The second-order valence-corrected chi connectivity index (χ2v) is 4.79. The molecule has 1 aliphatic carbocycles. The van der Waals surface area contributed by atoms with Crippen LogP contribution in [0, 0.1) is 17.6 Å². The van der Waals surface area contributed by atoms with Crippen LogP contribution in [0.4, 0.5) is 8.78 Å². The van der Waals surface area contributed by atoms with Crippen molar-refractivity contribution < 1.29 is 13.2 Å². The average Bonchev–Trinajstić information content (AvgIpc) is 3.09. The van der Waals surface area contributed by atoms with E-state index in [0.717, 1.165) is 31.5 Å². The zero-order chi connectivity index (χ0) is 12.7. The molecule has 1 fully saturated rings. The van der Waals surface area contributed by atoms with Gasteiger partial charge in [0.15, 0.2) is 11.4 Å². The lowest BCUT2D eigenvalue weighted by atomic mass is 10.1. The van der Waals surface area contributed by atoms with Crippen LogP contribution in [-0.2, 0) is 0 Å². The van der Waals surface area contributed by atoms with E-state index in [1.165, 1.54) is 0 Å². The Morgan fingerprint density at radius 1 is 1.33 bits per heavy atom. The molecule has 1 aliphatic rings. The smallest absolute Gasteiger partial charge is 0.172 e. The maximum absolute atomic E-state index is 13.6. The third kappa shape index (κ3) is 1.90. The van der Waals surface area contributed by atoms with E-state index in [-0.39, 0.29) is 17.0 Å². The summed E-state index contributed by atoms with van der Waals surface area (Å²) in [6, 6.07) is 3.93. The van der Waals surface area contributed by atoms with Crippen LogP contribution in [0.2, 0.25) is 0 Å². The highest BCUT2D eigenvalue weighted by Crippen LogP contribution is 2.42. The zero-order valence-corrected chi connectivity index (χ0v) is 10.2. The van der Waals surface area contributed by atoms with Crippen LogP contribution in [0.3, 0.4) is 0 Å². The second-order valence-electron chi connectivity index (χ2n) is 4.79. The van der Waals surface area contributed by atoms with Crippen molar-refractivity contribution in [1.29, 1.82) is 0 Å². The molecule has 0 saturated heterocycles. The normalized spacial score (nSPS) is 17.3. The monoisotopic (exact) mass is 251 g/mol. The van der Waals surface area contributed by atoms with Gasteiger partial charge in [-0.2, -0.15) is 0 Å². The molecule has 18 heavy (non-hydrogen) atoms. The number of hydrogen-bond acceptors (Lipinski definition) is 2. The van der Waals surface area contributed by atoms with E-state index in [1.54, 1.807) is 6.07 Å². The molecule has 0 radical (unpaired) electrons. The Balaban J connectivity index is 2.06.